The molecule has 0 N–H and O–H groups in total. The van der Waals surface area contributed by atoms with E-state index in [1.807, 2.05) is 18.7 Å². The minimum atomic E-state index is -4.47. The lowest BCUT2D eigenvalue weighted by Gasteiger charge is -2.27. The maximum absolute atomic E-state index is 14.7. The molecule has 1 rings (SSSR count). The van der Waals surface area contributed by atoms with Crippen LogP contribution in [0, 0.1) is 0 Å². The van der Waals surface area contributed by atoms with Crippen molar-refractivity contribution in [3.05, 3.63) is 35.4 Å². The highest BCUT2D eigenvalue weighted by Crippen LogP contribution is 2.30. The number of hydrogen-bond acceptors (Lipinski definition) is 2. The van der Waals surface area contributed by atoms with Crippen molar-refractivity contribution in [2.75, 3.05) is 19.6 Å². The third-order valence-electron chi connectivity index (χ3n) is 3.46. The molecule has 0 radical (unpaired) electrons. The van der Waals surface area contributed by atoms with Crippen molar-refractivity contribution >= 4 is 5.78 Å². The molecule has 1 aromatic rings. The van der Waals surface area contributed by atoms with E-state index in [1.54, 1.807) is 0 Å². The molecule has 0 aromatic heterocycles. The minimum Gasteiger partial charge on any atom is -0.300 e. The Kier molecular flexibility index (Phi) is 6.11. The van der Waals surface area contributed by atoms with Crippen LogP contribution in [0.25, 0.3) is 0 Å². The molecule has 1 atom stereocenters. The van der Waals surface area contributed by atoms with Crippen molar-refractivity contribution in [2.24, 2.45) is 0 Å². The number of rotatable bonds is 7. The lowest BCUT2D eigenvalue weighted by Crippen LogP contribution is -2.43. The molecule has 0 heterocycles. The Labute approximate surface area is 128 Å². The van der Waals surface area contributed by atoms with E-state index in [2.05, 4.69) is 0 Å². The molecule has 0 spiro atoms. The second-order valence-electron chi connectivity index (χ2n) is 5.47. The van der Waals surface area contributed by atoms with Gasteiger partial charge in [-0.2, -0.15) is 13.2 Å². The van der Waals surface area contributed by atoms with E-state index >= 15 is 0 Å². The van der Waals surface area contributed by atoms with Crippen molar-refractivity contribution in [1.82, 2.24) is 4.90 Å². The van der Waals surface area contributed by atoms with Crippen LogP contribution in [0.4, 0.5) is 17.6 Å². The molecule has 22 heavy (non-hydrogen) atoms. The summed E-state index contributed by atoms with van der Waals surface area (Å²) < 4.78 is 52.1. The second kappa shape index (κ2) is 7.22. The van der Waals surface area contributed by atoms with Gasteiger partial charge in [0.25, 0.3) is 0 Å². The largest absolute Gasteiger partial charge is 0.416 e. The molecule has 124 valence electrons. The van der Waals surface area contributed by atoms with Gasteiger partial charge in [-0.3, -0.25) is 9.69 Å². The van der Waals surface area contributed by atoms with Crippen molar-refractivity contribution < 1.29 is 22.4 Å². The average molecular weight is 319 g/mol. The van der Waals surface area contributed by atoms with Gasteiger partial charge in [-0.15, -0.1) is 0 Å². The molecule has 6 heteroatoms. The van der Waals surface area contributed by atoms with Crippen LogP contribution in [-0.4, -0.2) is 36.0 Å². The van der Waals surface area contributed by atoms with Crippen LogP contribution < -0.4 is 0 Å². The molecule has 0 fully saturated rings. The fraction of sp³-hybridized carbons (Fsp3) is 0.562. The quantitative estimate of drug-likeness (QED) is 0.550. The number of ketones is 1. The number of benzene rings is 1. The number of nitrogens with zero attached hydrogens (tertiary/aromatic N) is 1. The summed E-state index contributed by atoms with van der Waals surface area (Å²) >= 11 is 0. The van der Waals surface area contributed by atoms with Gasteiger partial charge in [-0.1, -0.05) is 26.0 Å². The van der Waals surface area contributed by atoms with Crippen molar-refractivity contribution in [1.29, 1.82) is 0 Å². The van der Waals surface area contributed by atoms with E-state index in [4.69, 9.17) is 0 Å². The van der Waals surface area contributed by atoms with Gasteiger partial charge >= 0.3 is 6.18 Å². The number of halogens is 4. The molecule has 1 aromatic carbocycles. The standard InChI is InChI=1S/C16H21F4NO/c1-4-10-21(5-2)11-15(3,17)14(22)12-6-8-13(9-7-12)16(18,19)20/h6-9H,4-5,10-11H2,1-3H3. The van der Waals surface area contributed by atoms with Gasteiger partial charge < -0.3 is 0 Å². The Morgan fingerprint density at radius 2 is 1.64 bits per heavy atom. The zero-order valence-electron chi connectivity index (χ0n) is 13.0. The van der Waals surface area contributed by atoms with Crippen molar-refractivity contribution in [3.63, 3.8) is 0 Å². The van der Waals surface area contributed by atoms with Crippen molar-refractivity contribution in [3.8, 4) is 0 Å². The number of hydrogen-bond donors (Lipinski definition) is 0. The summed E-state index contributed by atoms with van der Waals surface area (Å²) in [5, 5.41) is 0. The number of carbonyl (C=O) groups is 1. The molecule has 1 unspecified atom stereocenters. The summed E-state index contributed by atoms with van der Waals surface area (Å²) in [6, 6.07) is 3.65. The summed E-state index contributed by atoms with van der Waals surface area (Å²) in [6.07, 6.45) is -3.64. The van der Waals surface area contributed by atoms with E-state index in [1.165, 1.54) is 6.92 Å². The Morgan fingerprint density at radius 3 is 2.05 bits per heavy atom. The third-order valence-corrected chi connectivity index (χ3v) is 3.46. The molecule has 0 saturated carbocycles. The Morgan fingerprint density at radius 1 is 1.09 bits per heavy atom. The average Bonchev–Trinajstić information content (AvgIpc) is 2.45. The van der Waals surface area contributed by atoms with Gasteiger partial charge in [0.15, 0.2) is 5.67 Å². The fourth-order valence-corrected chi connectivity index (χ4v) is 2.27. The monoisotopic (exact) mass is 319 g/mol. The summed E-state index contributed by atoms with van der Waals surface area (Å²) in [6.45, 7) is 6.19. The molecule has 0 aliphatic carbocycles. The lowest BCUT2D eigenvalue weighted by atomic mass is 9.95. The molecule has 0 aliphatic rings. The minimum absolute atomic E-state index is 0.0504. The first kappa shape index (κ1) is 18.6. The number of carbonyl (C=O) groups excluding carboxylic acids is 1. The van der Waals surface area contributed by atoms with Crippen LogP contribution in [0.15, 0.2) is 24.3 Å². The zero-order chi connectivity index (χ0) is 17.0. The van der Waals surface area contributed by atoms with Gasteiger partial charge in [0.05, 0.1) is 5.56 Å². The van der Waals surface area contributed by atoms with Crippen LogP contribution in [0.5, 0.6) is 0 Å². The van der Waals surface area contributed by atoms with Gasteiger partial charge in [0, 0.05) is 12.1 Å². The third kappa shape index (κ3) is 4.80. The van der Waals surface area contributed by atoms with E-state index < -0.39 is 23.2 Å². The van der Waals surface area contributed by atoms with Crippen LogP contribution in [0.2, 0.25) is 0 Å². The first-order valence-electron chi connectivity index (χ1n) is 7.25. The summed E-state index contributed by atoms with van der Waals surface area (Å²) in [5.41, 5.74) is -3.04. The van der Waals surface area contributed by atoms with E-state index in [9.17, 15) is 22.4 Å². The highest BCUT2D eigenvalue weighted by Gasteiger charge is 2.36. The fourth-order valence-electron chi connectivity index (χ4n) is 2.27. The molecular weight excluding hydrogens is 298 g/mol. The van der Waals surface area contributed by atoms with Gasteiger partial charge in [0.1, 0.15) is 0 Å². The molecule has 0 aliphatic heterocycles. The predicted molar refractivity (Wildman–Crippen MR) is 77.7 cm³/mol. The molecule has 0 amide bonds. The maximum Gasteiger partial charge on any atom is 0.416 e. The molecular formula is C16H21F4NO. The van der Waals surface area contributed by atoms with E-state index in [-0.39, 0.29) is 12.1 Å². The molecule has 0 saturated heterocycles. The molecule has 2 nitrogen and oxygen atoms in total. The summed E-state index contributed by atoms with van der Waals surface area (Å²) in [4.78, 5) is 14.0. The maximum atomic E-state index is 14.7. The van der Waals surface area contributed by atoms with Gasteiger partial charge in [0.2, 0.25) is 5.78 Å². The van der Waals surface area contributed by atoms with E-state index in [0.717, 1.165) is 30.7 Å². The normalized spacial score (nSPS) is 14.9. The predicted octanol–water partition coefficient (Wildman–Crippen LogP) is 4.35. The SMILES string of the molecule is CCCN(CC)CC(C)(F)C(=O)c1ccc(C(F)(F)F)cc1. The molecule has 0 bridgehead atoms. The smallest absolute Gasteiger partial charge is 0.300 e. The first-order valence-corrected chi connectivity index (χ1v) is 7.25. The second-order valence-corrected chi connectivity index (χ2v) is 5.47. The number of Topliss-reactive ketones (excluding diaryl/α,β-unsaturated/α-hetero) is 1. The number of alkyl halides is 4. The highest BCUT2D eigenvalue weighted by atomic mass is 19.4. The van der Waals surface area contributed by atoms with Crippen LogP contribution in [-0.2, 0) is 6.18 Å². The van der Waals surface area contributed by atoms with E-state index in [0.29, 0.717) is 13.1 Å². The highest BCUT2D eigenvalue weighted by molar-refractivity contribution is 6.02. The summed E-state index contributed by atoms with van der Waals surface area (Å²) in [7, 11) is 0. The summed E-state index contributed by atoms with van der Waals surface area (Å²) in [5.74, 6) is -0.796. The topological polar surface area (TPSA) is 20.3 Å². The first-order chi connectivity index (χ1) is 10.1. The lowest BCUT2D eigenvalue weighted by molar-refractivity contribution is -0.137. The van der Waals surface area contributed by atoms with Gasteiger partial charge in [-0.05, 0) is 38.6 Å². The Bertz CT molecular complexity index is 494. The Hall–Kier alpha value is -1.43. The zero-order valence-corrected chi connectivity index (χ0v) is 13.0. The van der Waals surface area contributed by atoms with Crippen LogP contribution in [0.1, 0.15) is 43.1 Å². The van der Waals surface area contributed by atoms with Crippen molar-refractivity contribution in [2.45, 2.75) is 39.0 Å². The Balaban J connectivity index is 2.89. The van der Waals surface area contributed by atoms with Crippen LogP contribution in [0.3, 0.4) is 0 Å². The van der Waals surface area contributed by atoms with Crippen LogP contribution >= 0.6 is 0 Å². The van der Waals surface area contributed by atoms with Gasteiger partial charge in [-0.25, -0.2) is 4.39 Å².